The summed E-state index contributed by atoms with van der Waals surface area (Å²) in [6, 6.07) is 12.9. The zero-order chi connectivity index (χ0) is 19.8. The number of rotatable bonds is 4. The smallest absolute Gasteiger partial charge is 0.282 e. The van der Waals surface area contributed by atoms with Crippen LogP contribution in [0.15, 0.2) is 65.7 Å². The van der Waals surface area contributed by atoms with Crippen molar-refractivity contribution in [1.29, 1.82) is 0 Å². The Morgan fingerprint density at radius 3 is 2.32 bits per heavy atom. The highest BCUT2D eigenvalue weighted by Gasteiger charge is 2.40. The van der Waals surface area contributed by atoms with E-state index in [9.17, 15) is 18.4 Å². The highest BCUT2D eigenvalue weighted by Crippen LogP contribution is 2.35. The van der Waals surface area contributed by atoms with E-state index >= 15 is 0 Å². The molecular weight excluding hydrogens is 406 g/mol. The van der Waals surface area contributed by atoms with Crippen LogP contribution in [0.25, 0.3) is 5.57 Å². The van der Waals surface area contributed by atoms with Gasteiger partial charge in [-0.25, -0.2) is 13.7 Å². The summed E-state index contributed by atoms with van der Waals surface area (Å²) in [7, 11) is 0. The molecule has 8 heteroatoms. The topological polar surface area (TPSA) is 49.4 Å². The van der Waals surface area contributed by atoms with Gasteiger partial charge in [-0.15, -0.1) is 11.3 Å². The number of hydrogen-bond acceptors (Lipinski definition) is 4. The molecule has 0 saturated heterocycles. The second kappa shape index (κ2) is 7.18. The molecule has 2 aromatic carbocycles. The fourth-order valence-corrected chi connectivity index (χ4v) is 3.73. The Bertz CT molecular complexity index is 1110. The molecule has 0 saturated carbocycles. The minimum atomic E-state index is -1.06. The van der Waals surface area contributed by atoms with Crippen molar-refractivity contribution in [2.75, 3.05) is 10.2 Å². The molecule has 3 aromatic rings. The van der Waals surface area contributed by atoms with Crippen molar-refractivity contribution in [3.05, 3.63) is 87.2 Å². The molecule has 0 aliphatic carbocycles. The Labute approximate surface area is 167 Å². The first kappa shape index (κ1) is 18.3. The number of thiophene rings is 1. The molecule has 28 heavy (non-hydrogen) atoms. The molecule has 2 heterocycles. The van der Waals surface area contributed by atoms with Crippen molar-refractivity contribution in [3.8, 4) is 0 Å². The monoisotopic (exact) mass is 416 g/mol. The van der Waals surface area contributed by atoms with Gasteiger partial charge in [0, 0.05) is 21.7 Å². The largest absolute Gasteiger partial charge is 0.350 e. The SMILES string of the molecule is O=C1C(Nc2ccc(F)c(F)c2)=C(c2cccs2)C(=O)N1c1ccc(Cl)cc1. The lowest BCUT2D eigenvalue weighted by Crippen LogP contribution is -2.32. The Hall–Kier alpha value is -3.03. The van der Waals surface area contributed by atoms with Gasteiger partial charge in [-0.2, -0.15) is 0 Å². The number of anilines is 2. The van der Waals surface area contributed by atoms with E-state index in [0.717, 1.165) is 17.0 Å². The minimum Gasteiger partial charge on any atom is -0.350 e. The van der Waals surface area contributed by atoms with E-state index in [1.54, 1.807) is 41.8 Å². The predicted molar refractivity (Wildman–Crippen MR) is 105 cm³/mol. The number of amides is 2. The molecule has 0 radical (unpaired) electrons. The van der Waals surface area contributed by atoms with Gasteiger partial charge < -0.3 is 5.32 Å². The van der Waals surface area contributed by atoms with E-state index in [2.05, 4.69) is 5.32 Å². The number of nitrogens with zero attached hydrogens (tertiary/aromatic N) is 1. The van der Waals surface area contributed by atoms with E-state index in [-0.39, 0.29) is 17.0 Å². The van der Waals surface area contributed by atoms with Gasteiger partial charge in [0.15, 0.2) is 11.6 Å². The summed E-state index contributed by atoms with van der Waals surface area (Å²) in [5.74, 6) is -3.18. The molecule has 0 atom stereocenters. The van der Waals surface area contributed by atoms with E-state index in [0.29, 0.717) is 15.6 Å². The van der Waals surface area contributed by atoms with Crippen LogP contribution in [-0.4, -0.2) is 11.8 Å². The van der Waals surface area contributed by atoms with E-state index in [1.807, 2.05) is 0 Å². The van der Waals surface area contributed by atoms with Crippen LogP contribution in [0.2, 0.25) is 5.02 Å². The highest BCUT2D eigenvalue weighted by atomic mass is 35.5. The van der Waals surface area contributed by atoms with Crippen molar-refractivity contribution < 1.29 is 18.4 Å². The molecule has 1 N–H and O–H groups in total. The number of halogens is 3. The molecule has 2 amide bonds. The zero-order valence-corrected chi connectivity index (χ0v) is 15.7. The molecule has 140 valence electrons. The molecule has 0 fully saturated rings. The third-order valence-corrected chi connectivity index (χ3v) is 5.26. The Kier molecular flexibility index (Phi) is 4.70. The summed E-state index contributed by atoms with van der Waals surface area (Å²) >= 11 is 7.18. The predicted octanol–water partition coefficient (Wildman–Crippen LogP) is 5.08. The quantitative estimate of drug-likeness (QED) is 0.604. The summed E-state index contributed by atoms with van der Waals surface area (Å²) in [6.45, 7) is 0. The van der Waals surface area contributed by atoms with Crippen LogP contribution < -0.4 is 10.2 Å². The van der Waals surface area contributed by atoms with Gasteiger partial charge in [-0.05, 0) is 47.8 Å². The highest BCUT2D eigenvalue weighted by molar-refractivity contribution is 7.11. The maximum atomic E-state index is 13.6. The Morgan fingerprint density at radius 1 is 0.929 bits per heavy atom. The summed E-state index contributed by atoms with van der Waals surface area (Å²) in [5.41, 5.74) is 0.672. The summed E-state index contributed by atoms with van der Waals surface area (Å²) < 4.78 is 26.8. The van der Waals surface area contributed by atoms with Crippen LogP contribution in [0.4, 0.5) is 20.2 Å². The van der Waals surface area contributed by atoms with Crippen molar-refractivity contribution >= 4 is 51.7 Å². The molecule has 0 unspecified atom stereocenters. The van der Waals surface area contributed by atoms with Crippen molar-refractivity contribution in [3.63, 3.8) is 0 Å². The third kappa shape index (κ3) is 3.19. The summed E-state index contributed by atoms with van der Waals surface area (Å²) in [5, 5.41) is 5.03. The molecular formula is C20H11ClF2N2O2S. The van der Waals surface area contributed by atoms with Crippen LogP contribution in [0.1, 0.15) is 4.88 Å². The maximum Gasteiger partial charge on any atom is 0.282 e. The van der Waals surface area contributed by atoms with Crippen molar-refractivity contribution in [1.82, 2.24) is 0 Å². The first-order valence-electron chi connectivity index (χ1n) is 8.10. The van der Waals surface area contributed by atoms with Crippen LogP contribution in [0.3, 0.4) is 0 Å². The second-order valence-electron chi connectivity index (χ2n) is 5.90. The number of imide groups is 1. The van der Waals surface area contributed by atoms with Gasteiger partial charge in [0.05, 0.1) is 11.3 Å². The van der Waals surface area contributed by atoms with Crippen LogP contribution in [0, 0.1) is 11.6 Å². The second-order valence-corrected chi connectivity index (χ2v) is 7.29. The number of benzene rings is 2. The lowest BCUT2D eigenvalue weighted by Gasteiger charge is -2.15. The van der Waals surface area contributed by atoms with Gasteiger partial charge in [-0.1, -0.05) is 17.7 Å². The first-order chi connectivity index (χ1) is 13.5. The number of hydrogen-bond donors (Lipinski definition) is 1. The van der Waals surface area contributed by atoms with Crippen molar-refractivity contribution in [2.24, 2.45) is 0 Å². The maximum absolute atomic E-state index is 13.6. The van der Waals surface area contributed by atoms with Crippen LogP contribution in [-0.2, 0) is 9.59 Å². The first-order valence-corrected chi connectivity index (χ1v) is 9.36. The summed E-state index contributed by atoms with van der Waals surface area (Å²) in [6.07, 6.45) is 0. The molecule has 4 rings (SSSR count). The van der Waals surface area contributed by atoms with E-state index < -0.39 is 23.4 Å². The fourth-order valence-electron chi connectivity index (χ4n) is 2.84. The number of carbonyl (C=O) groups is 2. The van der Waals surface area contributed by atoms with Gasteiger partial charge in [-0.3, -0.25) is 9.59 Å². The lowest BCUT2D eigenvalue weighted by molar-refractivity contribution is -0.120. The molecule has 1 aliphatic heterocycles. The van der Waals surface area contributed by atoms with E-state index in [4.69, 9.17) is 11.6 Å². The minimum absolute atomic E-state index is 0.00610. The van der Waals surface area contributed by atoms with E-state index in [1.165, 1.54) is 17.4 Å². The molecule has 1 aromatic heterocycles. The standard InChI is InChI=1S/C20H11ClF2N2O2S/c21-11-3-6-13(7-4-11)25-19(26)17(16-2-1-9-28-16)18(20(25)27)24-12-5-8-14(22)15(23)10-12/h1-10,24H. The average molecular weight is 417 g/mol. The molecule has 0 bridgehead atoms. The normalized spacial score (nSPS) is 14.2. The summed E-state index contributed by atoms with van der Waals surface area (Å²) in [4.78, 5) is 27.7. The van der Waals surface area contributed by atoms with Crippen molar-refractivity contribution in [2.45, 2.75) is 0 Å². The molecule has 1 aliphatic rings. The number of nitrogens with one attached hydrogen (secondary N) is 1. The molecule has 4 nitrogen and oxygen atoms in total. The van der Waals surface area contributed by atoms with Crippen LogP contribution in [0.5, 0.6) is 0 Å². The molecule has 0 spiro atoms. The third-order valence-electron chi connectivity index (χ3n) is 4.13. The van der Waals surface area contributed by atoms with Gasteiger partial charge in [0.2, 0.25) is 0 Å². The van der Waals surface area contributed by atoms with Gasteiger partial charge in [0.25, 0.3) is 11.8 Å². The zero-order valence-electron chi connectivity index (χ0n) is 14.1. The number of carbonyl (C=O) groups excluding carboxylic acids is 2. The Morgan fingerprint density at radius 2 is 1.68 bits per heavy atom. The lowest BCUT2D eigenvalue weighted by atomic mass is 10.2. The fraction of sp³-hybridized carbons (Fsp3) is 0. The van der Waals surface area contributed by atoms with Gasteiger partial charge in [0.1, 0.15) is 5.70 Å². The average Bonchev–Trinajstić information content (AvgIpc) is 3.27. The van der Waals surface area contributed by atoms with Crippen LogP contribution >= 0.6 is 22.9 Å². The Balaban J connectivity index is 1.79. The van der Waals surface area contributed by atoms with Gasteiger partial charge >= 0.3 is 0 Å².